The van der Waals surface area contributed by atoms with Crippen molar-refractivity contribution >= 4 is 34.9 Å². The van der Waals surface area contributed by atoms with Gasteiger partial charge < -0.3 is 5.11 Å². The van der Waals surface area contributed by atoms with Crippen LogP contribution in [0.2, 0.25) is 0 Å². The van der Waals surface area contributed by atoms with Crippen molar-refractivity contribution < 1.29 is 5.11 Å². The van der Waals surface area contributed by atoms with E-state index in [0.717, 1.165) is 34.6 Å². The average molecular weight is 310 g/mol. The Morgan fingerprint density at radius 3 is 3.05 bits per heavy atom. The molecular formula is C17H14N2O2S. The van der Waals surface area contributed by atoms with E-state index in [1.54, 1.807) is 12.3 Å². The summed E-state index contributed by atoms with van der Waals surface area (Å²) in [6.07, 6.45) is 9.67. The summed E-state index contributed by atoms with van der Waals surface area (Å²) in [5, 5.41) is 10.1. The lowest BCUT2D eigenvalue weighted by molar-refractivity contribution is 0.423. The summed E-state index contributed by atoms with van der Waals surface area (Å²) in [4.78, 5) is 16.5. The second kappa shape index (κ2) is 5.66. The van der Waals surface area contributed by atoms with E-state index in [-0.39, 0.29) is 17.3 Å². The molecule has 1 aromatic heterocycles. The van der Waals surface area contributed by atoms with Crippen LogP contribution in [0.1, 0.15) is 22.9 Å². The molecule has 110 valence electrons. The van der Waals surface area contributed by atoms with Crippen LogP contribution in [0.15, 0.2) is 28.0 Å². The molecule has 0 spiro atoms. The number of aromatic nitrogens is 1. The van der Waals surface area contributed by atoms with Crippen LogP contribution in [0.4, 0.5) is 5.69 Å². The number of hydrogen-bond donors (Lipinski definition) is 1. The first kappa shape index (κ1) is 14.4. The molecule has 0 radical (unpaired) electrons. The van der Waals surface area contributed by atoms with Crippen LogP contribution >= 0.6 is 11.3 Å². The summed E-state index contributed by atoms with van der Waals surface area (Å²) < 4.78 is 1.19. The summed E-state index contributed by atoms with van der Waals surface area (Å²) in [6, 6.07) is 6.04. The highest BCUT2D eigenvalue weighted by atomic mass is 32.1. The molecule has 0 atom stereocenters. The zero-order chi connectivity index (χ0) is 15.7. The third-order valence-electron chi connectivity index (χ3n) is 3.57. The van der Waals surface area contributed by atoms with Crippen LogP contribution < -0.4 is 4.87 Å². The van der Waals surface area contributed by atoms with Crippen molar-refractivity contribution in [1.29, 1.82) is 0 Å². The maximum absolute atomic E-state index is 11.8. The van der Waals surface area contributed by atoms with E-state index in [9.17, 15) is 9.90 Å². The van der Waals surface area contributed by atoms with E-state index >= 15 is 0 Å². The fraction of sp³-hybridized carbons (Fsp3) is 0.176. The van der Waals surface area contributed by atoms with Crippen LogP contribution in [0.3, 0.4) is 0 Å². The van der Waals surface area contributed by atoms with Gasteiger partial charge in [-0.05, 0) is 18.1 Å². The molecule has 4 nitrogen and oxygen atoms in total. The predicted octanol–water partition coefficient (Wildman–Crippen LogP) is 3.07. The van der Waals surface area contributed by atoms with Crippen molar-refractivity contribution in [2.45, 2.75) is 19.9 Å². The summed E-state index contributed by atoms with van der Waals surface area (Å²) >= 11 is 0.976. The van der Waals surface area contributed by atoms with Gasteiger partial charge in [-0.2, -0.15) is 0 Å². The highest BCUT2D eigenvalue weighted by Gasteiger charge is 2.17. The maximum atomic E-state index is 11.8. The monoisotopic (exact) mass is 310 g/mol. The van der Waals surface area contributed by atoms with Gasteiger partial charge in [-0.1, -0.05) is 42.4 Å². The number of fused-ring (bicyclic) bond motifs is 1. The number of aliphatic imine (C=N–C) groups is 1. The minimum Gasteiger partial charge on any atom is -0.493 e. The average Bonchev–Trinajstić information content (AvgIpc) is 3.04. The molecule has 0 aliphatic carbocycles. The third kappa shape index (κ3) is 2.28. The number of benzene rings is 1. The number of thiazole rings is 1. The maximum Gasteiger partial charge on any atom is 0.311 e. The Hall–Kier alpha value is -2.58. The number of nitrogens with zero attached hydrogens (tertiary/aromatic N) is 2. The Kier molecular flexibility index (Phi) is 3.70. The normalized spacial score (nSPS) is 14.3. The van der Waals surface area contributed by atoms with Gasteiger partial charge in [0.05, 0.1) is 17.1 Å². The molecule has 3 rings (SSSR count). The summed E-state index contributed by atoms with van der Waals surface area (Å²) in [5.41, 5.74) is 4.04. The Labute approximate surface area is 132 Å². The van der Waals surface area contributed by atoms with E-state index in [1.807, 2.05) is 12.1 Å². The van der Waals surface area contributed by atoms with Crippen LogP contribution in [-0.4, -0.2) is 15.9 Å². The van der Waals surface area contributed by atoms with Gasteiger partial charge in [0.1, 0.15) is 0 Å². The number of allylic oxidation sites excluding steroid dienone is 1. The molecule has 1 aromatic carbocycles. The Balaban J connectivity index is 2.08. The molecule has 1 N–H and O–H groups in total. The number of rotatable bonds is 3. The summed E-state index contributed by atoms with van der Waals surface area (Å²) in [6.45, 7) is 2.15. The lowest BCUT2D eigenvalue weighted by Gasteiger charge is -2.04. The first-order chi connectivity index (χ1) is 10.7. The van der Waals surface area contributed by atoms with Crippen LogP contribution in [-0.2, 0) is 13.0 Å². The van der Waals surface area contributed by atoms with E-state index in [0.29, 0.717) is 4.88 Å². The zero-order valence-electron chi connectivity index (χ0n) is 12.0. The van der Waals surface area contributed by atoms with Crippen molar-refractivity contribution in [2.24, 2.45) is 4.99 Å². The highest BCUT2D eigenvalue weighted by Crippen LogP contribution is 2.37. The number of terminal acetylenes is 1. The van der Waals surface area contributed by atoms with Crippen molar-refractivity contribution in [1.82, 2.24) is 4.57 Å². The minimum atomic E-state index is -0.264. The van der Waals surface area contributed by atoms with Crippen molar-refractivity contribution in [3.05, 3.63) is 43.9 Å². The van der Waals surface area contributed by atoms with Gasteiger partial charge >= 0.3 is 4.87 Å². The molecule has 0 unspecified atom stereocenters. The fourth-order valence-corrected chi connectivity index (χ4v) is 3.30. The van der Waals surface area contributed by atoms with Crippen molar-refractivity contribution in [3.8, 4) is 18.2 Å². The Bertz CT molecular complexity index is 894. The van der Waals surface area contributed by atoms with E-state index in [1.165, 1.54) is 10.1 Å². The lowest BCUT2D eigenvalue weighted by atomic mass is 10.0. The molecule has 1 aliphatic rings. The predicted molar refractivity (Wildman–Crippen MR) is 90.9 cm³/mol. The topological polar surface area (TPSA) is 54.6 Å². The standard InChI is InChI=1S/C17H14N2O2S/c1-3-8-19-16(20)14(22-17(19)21)9-12-10-18-15-11(4-2)6-5-7-13(12)15/h1,5-7,9-10,20H,4,8H2,2H3. The Morgan fingerprint density at radius 1 is 1.50 bits per heavy atom. The van der Waals surface area contributed by atoms with Gasteiger partial charge in [0, 0.05) is 17.4 Å². The quantitative estimate of drug-likeness (QED) is 0.886. The second-order valence-electron chi connectivity index (χ2n) is 4.87. The number of para-hydroxylation sites is 1. The highest BCUT2D eigenvalue weighted by molar-refractivity contribution is 7.10. The van der Waals surface area contributed by atoms with Gasteiger partial charge in [0.15, 0.2) is 0 Å². The smallest absolute Gasteiger partial charge is 0.311 e. The van der Waals surface area contributed by atoms with E-state index in [4.69, 9.17) is 6.42 Å². The van der Waals surface area contributed by atoms with Crippen molar-refractivity contribution in [3.63, 3.8) is 0 Å². The lowest BCUT2D eigenvalue weighted by Crippen LogP contribution is -2.10. The molecule has 2 aromatic rings. The van der Waals surface area contributed by atoms with Crippen molar-refractivity contribution in [2.75, 3.05) is 0 Å². The molecule has 0 amide bonds. The SMILES string of the molecule is C#CCn1c(O)c(C=C2C=Nc3c(CC)cccc32)sc1=O. The minimum absolute atomic E-state index is 0.0645. The summed E-state index contributed by atoms with van der Waals surface area (Å²) in [7, 11) is 0. The fourth-order valence-electron chi connectivity index (χ4n) is 2.46. The largest absolute Gasteiger partial charge is 0.493 e. The molecule has 0 bridgehead atoms. The first-order valence-electron chi connectivity index (χ1n) is 6.89. The van der Waals surface area contributed by atoms with Gasteiger partial charge in [0.2, 0.25) is 5.88 Å². The molecular weight excluding hydrogens is 296 g/mol. The number of aromatic hydroxyl groups is 1. The Morgan fingerprint density at radius 2 is 2.32 bits per heavy atom. The van der Waals surface area contributed by atoms with Gasteiger partial charge in [-0.25, -0.2) is 0 Å². The molecule has 2 heterocycles. The van der Waals surface area contributed by atoms with Crippen LogP contribution in [0.5, 0.6) is 5.88 Å². The molecule has 1 aliphatic heterocycles. The molecule has 0 saturated heterocycles. The van der Waals surface area contributed by atoms with Crippen LogP contribution in [0, 0.1) is 12.3 Å². The third-order valence-corrected chi connectivity index (χ3v) is 4.49. The van der Waals surface area contributed by atoms with E-state index in [2.05, 4.69) is 23.9 Å². The van der Waals surface area contributed by atoms with Crippen LogP contribution in [0.25, 0.3) is 11.6 Å². The molecule has 5 heteroatoms. The molecule has 0 fully saturated rings. The molecule has 22 heavy (non-hydrogen) atoms. The number of hydrogen-bond acceptors (Lipinski definition) is 4. The zero-order valence-corrected chi connectivity index (χ0v) is 12.9. The first-order valence-corrected chi connectivity index (χ1v) is 7.71. The van der Waals surface area contributed by atoms with E-state index < -0.39 is 0 Å². The molecule has 0 saturated carbocycles. The van der Waals surface area contributed by atoms with Gasteiger partial charge in [-0.3, -0.25) is 14.4 Å². The second-order valence-corrected chi connectivity index (χ2v) is 5.86. The van der Waals surface area contributed by atoms with Gasteiger partial charge in [-0.15, -0.1) is 6.42 Å². The summed E-state index contributed by atoms with van der Waals surface area (Å²) in [5.74, 6) is 2.28. The number of aryl methyl sites for hydroxylation is 1. The van der Waals surface area contributed by atoms with Gasteiger partial charge in [0.25, 0.3) is 0 Å².